The molecule has 1 aromatic carbocycles. The quantitative estimate of drug-likeness (QED) is 0.656. The number of amides is 3. The minimum absolute atomic E-state index is 0.129. The lowest BCUT2D eigenvalue weighted by Crippen LogP contribution is -2.55. The maximum atomic E-state index is 13.0. The fraction of sp³-hybridized carbons (Fsp3) is 0.471. The molecule has 4 N–H and O–H groups in total. The molecule has 0 saturated carbocycles. The first-order valence-corrected chi connectivity index (χ1v) is 7.85. The maximum absolute atomic E-state index is 13.0. The van der Waals surface area contributed by atoms with Gasteiger partial charge >= 0.3 is 0 Å². The zero-order chi connectivity index (χ0) is 18.3. The van der Waals surface area contributed by atoms with Gasteiger partial charge in [-0.3, -0.25) is 14.4 Å². The Morgan fingerprint density at radius 2 is 1.75 bits per heavy atom. The lowest BCUT2D eigenvalue weighted by atomic mass is 9.97. The number of hydrogen-bond acceptors (Lipinski definition) is 3. The number of halogens is 1. The van der Waals surface area contributed by atoms with Gasteiger partial charge in [-0.1, -0.05) is 32.4 Å². The predicted molar refractivity (Wildman–Crippen MR) is 88.3 cm³/mol. The molecule has 0 spiro atoms. The molecule has 132 valence electrons. The minimum Gasteiger partial charge on any atom is -0.368 e. The highest BCUT2D eigenvalue weighted by molar-refractivity contribution is 5.91. The van der Waals surface area contributed by atoms with Gasteiger partial charge in [0.1, 0.15) is 17.9 Å². The van der Waals surface area contributed by atoms with E-state index in [1.165, 1.54) is 31.2 Å². The molecule has 0 heterocycles. The number of nitrogens with two attached hydrogens (primary N) is 1. The second-order valence-corrected chi connectivity index (χ2v) is 5.86. The van der Waals surface area contributed by atoms with Crippen LogP contribution in [0.15, 0.2) is 24.3 Å². The van der Waals surface area contributed by atoms with Crippen molar-refractivity contribution in [3.63, 3.8) is 0 Å². The molecule has 0 aliphatic carbocycles. The summed E-state index contributed by atoms with van der Waals surface area (Å²) < 4.78 is 13.0. The first-order valence-electron chi connectivity index (χ1n) is 7.85. The van der Waals surface area contributed by atoms with Crippen LogP contribution in [0.3, 0.4) is 0 Å². The monoisotopic (exact) mass is 337 g/mol. The third-order valence-corrected chi connectivity index (χ3v) is 3.86. The number of carbonyl (C=O) groups excluding carboxylic acids is 3. The minimum atomic E-state index is -0.876. The summed E-state index contributed by atoms with van der Waals surface area (Å²) in [6.07, 6.45) is 0.842. The van der Waals surface area contributed by atoms with E-state index in [4.69, 9.17) is 5.73 Å². The van der Waals surface area contributed by atoms with Crippen LogP contribution in [0.1, 0.15) is 32.8 Å². The van der Waals surface area contributed by atoms with Crippen molar-refractivity contribution in [2.45, 2.75) is 45.7 Å². The van der Waals surface area contributed by atoms with E-state index in [9.17, 15) is 18.8 Å². The van der Waals surface area contributed by atoms with Crippen molar-refractivity contribution in [3.8, 4) is 0 Å². The number of primary amides is 1. The second kappa shape index (κ2) is 9.00. The topological polar surface area (TPSA) is 101 Å². The van der Waals surface area contributed by atoms with Crippen LogP contribution >= 0.6 is 0 Å². The van der Waals surface area contributed by atoms with Gasteiger partial charge in [0, 0.05) is 13.3 Å². The molecule has 0 saturated heterocycles. The molecule has 0 fully saturated rings. The van der Waals surface area contributed by atoms with Crippen molar-refractivity contribution in [3.05, 3.63) is 35.6 Å². The Morgan fingerprint density at radius 1 is 1.17 bits per heavy atom. The van der Waals surface area contributed by atoms with E-state index < -0.39 is 23.9 Å². The van der Waals surface area contributed by atoms with Gasteiger partial charge in [-0.05, 0) is 23.6 Å². The van der Waals surface area contributed by atoms with Crippen LogP contribution in [0.4, 0.5) is 4.39 Å². The average Bonchev–Trinajstić information content (AvgIpc) is 2.52. The lowest BCUT2D eigenvalue weighted by molar-refractivity contribution is -0.131. The van der Waals surface area contributed by atoms with Crippen molar-refractivity contribution in [1.82, 2.24) is 10.6 Å². The van der Waals surface area contributed by atoms with Gasteiger partial charge in [0.2, 0.25) is 17.7 Å². The summed E-state index contributed by atoms with van der Waals surface area (Å²) in [5.74, 6) is -2.02. The van der Waals surface area contributed by atoms with Gasteiger partial charge in [0.05, 0.1) is 0 Å². The van der Waals surface area contributed by atoms with E-state index in [0.717, 1.165) is 0 Å². The third-order valence-electron chi connectivity index (χ3n) is 3.86. The fourth-order valence-corrected chi connectivity index (χ4v) is 2.29. The Morgan fingerprint density at radius 3 is 2.21 bits per heavy atom. The Balaban J connectivity index is 2.89. The summed E-state index contributed by atoms with van der Waals surface area (Å²) in [4.78, 5) is 35.4. The first kappa shape index (κ1) is 19.6. The van der Waals surface area contributed by atoms with Crippen LogP contribution < -0.4 is 16.4 Å². The van der Waals surface area contributed by atoms with Gasteiger partial charge in [0.15, 0.2) is 0 Å². The molecular formula is C17H24FN3O3. The Bertz CT molecular complexity index is 589. The summed E-state index contributed by atoms with van der Waals surface area (Å²) in [5.41, 5.74) is 6.03. The first-order chi connectivity index (χ1) is 11.2. The Kier molecular flexibility index (Phi) is 7.35. The van der Waals surface area contributed by atoms with Crippen LogP contribution in [0, 0.1) is 11.7 Å². The van der Waals surface area contributed by atoms with E-state index in [-0.39, 0.29) is 24.1 Å². The van der Waals surface area contributed by atoms with Gasteiger partial charge in [-0.15, -0.1) is 0 Å². The molecule has 0 bridgehead atoms. The summed E-state index contributed by atoms with van der Waals surface area (Å²) >= 11 is 0. The van der Waals surface area contributed by atoms with Crippen LogP contribution in [0.5, 0.6) is 0 Å². The second-order valence-electron chi connectivity index (χ2n) is 5.86. The van der Waals surface area contributed by atoms with Crippen LogP contribution in [0.2, 0.25) is 0 Å². The molecule has 0 aliphatic rings. The van der Waals surface area contributed by atoms with Gasteiger partial charge in [-0.25, -0.2) is 4.39 Å². The molecule has 24 heavy (non-hydrogen) atoms. The van der Waals surface area contributed by atoms with Crippen molar-refractivity contribution >= 4 is 17.7 Å². The van der Waals surface area contributed by atoms with Crippen LogP contribution in [0.25, 0.3) is 0 Å². The number of nitrogens with one attached hydrogen (secondary N) is 2. The van der Waals surface area contributed by atoms with E-state index in [0.29, 0.717) is 12.0 Å². The maximum Gasteiger partial charge on any atom is 0.243 e. The summed E-state index contributed by atoms with van der Waals surface area (Å²) in [7, 11) is 0. The van der Waals surface area contributed by atoms with Crippen molar-refractivity contribution in [2.75, 3.05) is 0 Å². The zero-order valence-electron chi connectivity index (χ0n) is 14.1. The molecule has 6 nitrogen and oxygen atoms in total. The Hall–Kier alpha value is -2.44. The highest BCUT2D eigenvalue weighted by atomic mass is 19.1. The molecule has 3 amide bonds. The summed E-state index contributed by atoms with van der Waals surface area (Å²) in [5, 5.41) is 5.15. The lowest BCUT2D eigenvalue weighted by Gasteiger charge is -2.25. The predicted octanol–water partition coefficient (Wildman–Crippen LogP) is 0.889. The van der Waals surface area contributed by atoms with Gasteiger partial charge in [0.25, 0.3) is 0 Å². The summed E-state index contributed by atoms with van der Waals surface area (Å²) in [6.45, 7) is 4.99. The van der Waals surface area contributed by atoms with Crippen LogP contribution in [-0.2, 0) is 20.8 Å². The molecular weight excluding hydrogens is 313 g/mol. The average molecular weight is 337 g/mol. The molecule has 0 aromatic heterocycles. The van der Waals surface area contributed by atoms with E-state index in [1.54, 1.807) is 0 Å². The molecule has 3 atom stereocenters. The summed E-state index contributed by atoms with van der Waals surface area (Å²) in [6, 6.07) is 3.95. The third kappa shape index (κ3) is 5.98. The largest absolute Gasteiger partial charge is 0.368 e. The highest BCUT2D eigenvalue weighted by Crippen LogP contribution is 2.10. The molecule has 1 aromatic rings. The fourth-order valence-electron chi connectivity index (χ4n) is 2.29. The normalized spacial score (nSPS) is 14.3. The number of carbonyl (C=O) groups is 3. The number of benzene rings is 1. The highest BCUT2D eigenvalue weighted by Gasteiger charge is 2.28. The Labute approximate surface area is 141 Å². The zero-order valence-corrected chi connectivity index (χ0v) is 14.1. The SMILES string of the molecule is CC[C@@H](C)[C@@H](NC(=O)[C@@H](Cc1ccc(F)cc1)NC(C)=O)C(N)=O. The molecule has 0 unspecified atom stereocenters. The number of hydrogen-bond donors (Lipinski definition) is 3. The van der Waals surface area contributed by atoms with E-state index in [1.807, 2.05) is 13.8 Å². The van der Waals surface area contributed by atoms with E-state index in [2.05, 4.69) is 10.6 Å². The van der Waals surface area contributed by atoms with Crippen molar-refractivity contribution < 1.29 is 18.8 Å². The molecule has 0 radical (unpaired) electrons. The molecule has 0 aliphatic heterocycles. The standard InChI is InChI=1S/C17H24FN3O3/c1-4-10(2)15(16(19)23)21-17(24)14(20-11(3)22)9-12-5-7-13(18)8-6-12/h5-8,10,14-15H,4,9H2,1-3H3,(H2,19,23)(H,20,22)(H,21,24)/t10-,14-,15-/m1/s1. The van der Waals surface area contributed by atoms with E-state index >= 15 is 0 Å². The smallest absolute Gasteiger partial charge is 0.243 e. The van der Waals surface area contributed by atoms with Gasteiger partial charge < -0.3 is 16.4 Å². The van der Waals surface area contributed by atoms with Gasteiger partial charge in [-0.2, -0.15) is 0 Å². The molecule has 7 heteroatoms. The van der Waals surface area contributed by atoms with Crippen molar-refractivity contribution in [2.24, 2.45) is 11.7 Å². The van der Waals surface area contributed by atoms with Crippen molar-refractivity contribution in [1.29, 1.82) is 0 Å². The molecule has 1 rings (SSSR count). The van der Waals surface area contributed by atoms with Crippen LogP contribution in [-0.4, -0.2) is 29.8 Å². The number of rotatable bonds is 8.